The van der Waals surface area contributed by atoms with Gasteiger partial charge in [0, 0.05) is 46.2 Å². The first kappa shape index (κ1) is 37.6. The molecule has 0 bridgehead atoms. The number of carbonyl (C=O) groups is 4. The fraction of sp³-hybridized carbons (Fsp3) is 0.444. The summed E-state index contributed by atoms with van der Waals surface area (Å²) in [5, 5.41) is 1.01. The molecular weight excluding hydrogens is 676 g/mol. The highest BCUT2D eigenvalue weighted by molar-refractivity contribution is 7.21. The van der Waals surface area contributed by atoms with Gasteiger partial charge in [-0.25, -0.2) is 4.39 Å². The van der Waals surface area contributed by atoms with Crippen LogP contribution < -0.4 is 18.9 Å². The summed E-state index contributed by atoms with van der Waals surface area (Å²) in [6, 6.07) is 8.44. The SMILES string of the molecule is COC(=O)[C@@H](C)CC(=O)c1cc2c(F)c(OCCCOc3cc4cc(C(=O)CC(C)C(=O)OC(C)(C)C)sc4cc3OC)c(OC)cc2s1. The number of methoxy groups -OCH3 is 3. The molecule has 49 heavy (non-hydrogen) atoms. The minimum Gasteiger partial charge on any atom is -0.493 e. The van der Waals surface area contributed by atoms with Crippen LogP contribution in [-0.4, -0.2) is 63.6 Å². The number of hydrogen-bond donors (Lipinski definition) is 0. The van der Waals surface area contributed by atoms with Gasteiger partial charge in [0.15, 0.2) is 40.4 Å². The number of fused-ring (bicyclic) bond motifs is 2. The molecule has 0 spiro atoms. The lowest BCUT2D eigenvalue weighted by atomic mass is 10.0. The molecule has 0 amide bonds. The van der Waals surface area contributed by atoms with Crippen molar-refractivity contribution in [1.29, 1.82) is 0 Å². The lowest BCUT2D eigenvalue weighted by molar-refractivity contribution is -0.159. The van der Waals surface area contributed by atoms with E-state index in [1.54, 1.807) is 58.9 Å². The van der Waals surface area contributed by atoms with E-state index in [0.29, 0.717) is 32.4 Å². The van der Waals surface area contributed by atoms with Crippen molar-refractivity contribution in [2.75, 3.05) is 34.5 Å². The first-order valence-electron chi connectivity index (χ1n) is 15.7. The minimum atomic E-state index is -0.651. The van der Waals surface area contributed by atoms with Crippen LogP contribution in [0.15, 0.2) is 30.3 Å². The summed E-state index contributed by atoms with van der Waals surface area (Å²) in [4.78, 5) is 50.7. The van der Waals surface area contributed by atoms with Gasteiger partial charge < -0.3 is 28.4 Å². The second-order valence-electron chi connectivity index (χ2n) is 12.6. The summed E-state index contributed by atoms with van der Waals surface area (Å²) < 4.78 is 49.8. The zero-order valence-electron chi connectivity index (χ0n) is 28.9. The maximum atomic E-state index is 15.6. The zero-order chi connectivity index (χ0) is 36.0. The number of Topliss-reactive ketones (excluding diaryl/α,β-unsaturated/α-hetero) is 2. The van der Waals surface area contributed by atoms with Crippen LogP contribution in [0.4, 0.5) is 4.39 Å². The molecule has 264 valence electrons. The molecule has 0 aliphatic heterocycles. The van der Waals surface area contributed by atoms with Crippen LogP contribution in [0.1, 0.15) is 73.2 Å². The van der Waals surface area contributed by atoms with Gasteiger partial charge in [-0.3, -0.25) is 19.2 Å². The Kier molecular flexibility index (Phi) is 12.3. The van der Waals surface area contributed by atoms with E-state index in [1.165, 1.54) is 38.7 Å². The van der Waals surface area contributed by atoms with Crippen molar-refractivity contribution in [3.8, 4) is 23.0 Å². The lowest BCUT2D eigenvalue weighted by Crippen LogP contribution is -2.28. The molecule has 10 nitrogen and oxygen atoms in total. The highest BCUT2D eigenvalue weighted by Crippen LogP contribution is 2.41. The van der Waals surface area contributed by atoms with Gasteiger partial charge in [-0.15, -0.1) is 22.7 Å². The number of ketones is 2. The predicted molar refractivity (Wildman–Crippen MR) is 186 cm³/mol. The summed E-state index contributed by atoms with van der Waals surface area (Å²) in [7, 11) is 4.19. The van der Waals surface area contributed by atoms with Crippen LogP contribution in [0.3, 0.4) is 0 Å². The number of benzene rings is 2. The minimum absolute atomic E-state index is 0.0303. The Labute approximate surface area is 292 Å². The Morgan fingerprint density at radius 2 is 1.31 bits per heavy atom. The zero-order valence-corrected chi connectivity index (χ0v) is 30.5. The number of halogens is 1. The Morgan fingerprint density at radius 3 is 1.92 bits per heavy atom. The number of ether oxygens (including phenoxy) is 6. The number of hydrogen-bond acceptors (Lipinski definition) is 12. The van der Waals surface area contributed by atoms with Crippen molar-refractivity contribution in [2.45, 2.75) is 59.5 Å². The third-order valence-corrected chi connectivity index (χ3v) is 9.71. The number of thiophene rings is 2. The van der Waals surface area contributed by atoms with E-state index in [9.17, 15) is 19.2 Å². The van der Waals surface area contributed by atoms with Crippen LogP contribution in [-0.2, 0) is 19.1 Å². The predicted octanol–water partition coefficient (Wildman–Crippen LogP) is 8.05. The third-order valence-electron chi connectivity index (χ3n) is 7.44. The van der Waals surface area contributed by atoms with Gasteiger partial charge in [0.2, 0.25) is 0 Å². The Morgan fingerprint density at radius 1 is 0.735 bits per heavy atom. The molecule has 0 saturated heterocycles. The molecule has 2 heterocycles. The maximum Gasteiger partial charge on any atom is 0.309 e. The monoisotopic (exact) mass is 716 g/mol. The van der Waals surface area contributed by atoms with E-state index in [0.717, 1.165) is 21.4 Å². The molecule has 4 aromatic rings. The van der Waals surface area contributed by atoms with Crippen molar-refractivity contribution in [3.63, 3.8) is 0 Å². The lowest BCUT2D eigenvalue weighted by Gasteiger charge is -2.21. The second kappa shape index (κ2) is 16.0. The van der Waals surface area contributed by atoms with Gasteiger partial charge in [-0.05, 0) is 44.4 Å². The molecule has 1 unspecified atom stereocenters. The Bertz CT molecular complexity index is 1850. The molecule has 0 aliphatic rings. The topological polar surface area (TPSA) is 124 Å². The molecule has 2 aromatic heterocycles. The van der Waals surface area contributed by atoms with E-state index >= 15 is 4.39 Å². The highest BCUT2D eigenvalue weighted by atomic mass is 32.1. The van der Waals surface area contributed by atoms with Crippen molar-refractivity contribution in [3.05, 3.63) is 45.9 Å². The summed E-state index contributed by atoms with van der Waals surface area (Å²) in [6.07, 6.45) is 0.360. The quantitative estimate of drug-likeness (QED) is 0.0639. The van der Waals surface area contributed by atoms with Crippen LogP contribution in [0.2, 0.25) is 0 Å². The van der Waals surface area contributed by atoms with Gasteiger partial charge in [0.1, 0.15) is 5.60 Å². The van der Waals surface area contributed by atoms with Crippen LogP contribution in [0, 0.1) is 17.7 Å². The molecule has 0 radical (unpaired) electrons. The molecular formula is C36H41FO10S2. The van der Waals surface area contributed by atoms with Gasteiger partial charge in [-0.1, -0.05) is 13.8 Å². The largest absolute Gasteiger partial charge is 0.493 e. The average molecular weight is 717 g/mol. The fourth-order valence-corrected chi connectivity index (χ4v) is 6.98. The summed E-state index contributed by atoms with van der Waals surface area (Å²) in [5.74, 6) is -2.14. The number of carbonyl (C=O) groups excluding carboxylic acids is 4. The van der Waals surface area contributed by atoms with Crippen molar-refractivity contribution in [1.82, 2.24) is 0 Å². The van der Waals surface area contributed by atoms with Crippen LogP contribution in [0.25, 0.3) is 20.2 Å². The molecule has 4 rings (SSSR count). The second-order valence-corrected chi connectivity index (χ2v) is 14.7. The number of esters is 2. The molecule has 0 fully saturated rings. The normalized spacial score (nSPS) is 12.8. The maximum absolute atomic E-state index is 15.6. The first-order chi connectivity index (χ1) is 23.1. The first-order valence-corrected chi connectivity index (χ1v) is 17.3. The van der Waals surface area contributed by atoms with Gasteiger partial charge >= 0.3 is 11.9 Å². The third kappa shape index (κ3) is 9.27. The molecule has 0 N–H and O–H groups in total. The standard InChI is InChI=1S/C36H41FO10S2/c1-19(34(40)44-8)12-24(39)31-16-22-29(49-31)18-27(43-7)33(32(22)37)46-11-9-10-45-26-14-21-15-30(48-28(21)17-25(26)42-6)23(38)13-20(2)35(41)47-36(3,4)5/h14-20H,9-13H2,1-8H3/t19-,20?/m0/s1. The molecule has 2 aromatic carbocycles. The summed E-state index contributed by atoms with van der Waals surface area (Å²) >= 11 is 2.43. The number of rotatable bonds is 16. The van der Waals surface area contributed by atoms with E-state index in [4.69, 9.17) is 28.4 Å². The summed E-state index contributed by atoms with van der Waals surface area (Å²) in [5.41, 5.74) is -0.631. The Balaban J connectivity index is 1.39. The van der Waals surface area contributed by atoms with E-state index < -0.39 is 35.2 Å². The average Bonchev–Trinajstić information content (AvgIpc) is 3.68. The fourth-order valence-electron chi connectivity index (χ4n) is 4.92. The highest BCUT2D eigenvalue weighted by Gasteiger charge is 2.26. The van der Waals surface area contributed by atoms with E-state index in [2.05, 4.69) is 0 Å². The van der Waals surface area contributed by atoms with Gasteiger partial charge in [0.25, 0.3) is 0 Å². The molecule has 2 atom stereocenters. The van der Waals surface area contributed by atoms with Crippen molar-refractivity contribution < 1.29 is 52.0 Å². The van der Waals surface area contributed by atoms with Crippen LogP contribution >= 0.6 is 22.7 Å². The molecule has 0 saturated carbocycles. The van der Waals surface area contributed by atoms with Crippen molar-refractivity contribution >= 4 is 66.4 Å². The van der Waals surface area contributed by atoms with Gasteiger partial charge in [-0.2, -0.15) is 0 Å². The van der Waals surface area contributed by atoms with E-state index in [1.807, 2.05) is 0 Å². The smallest absolute Gasteiger partial charge is 0.309 e. The van der Waals surface area contributed by atoms with Crippen molar-refractivity contribution in [2.24, 2.45) is 11.8 Å². The molecule has 0 aliphatic carbocycles. The van der Waals surface area contributed by atoms with E-state index in [-0.39, 0.29) is 54.5 Å². The summed E-state index contributed by atoms with van der Waals surface area (Å²) in [6.45, 7) is 8.95. The Hall–Kier alpha value is -4.23. The molecule has 13 heteroatoms. The van der Waals surface area contributed by atoms with Crippen LogP contribution in [0.5, 0.6) is 23.0 Å². The van der Waals surface area contributed by atoms with Gasteiger partial charge in [0.05, 0.1) is 56.1 Å².